The van der Waals surface area contributed by atoms with Gasteiger partial charge in [-0.1, -0.05) is 18.6 Å². The predicted octanol–water partition coefficient (Wildman–Crippen LogP) is 0.767. The van der Waals surface area contributed by atoms with Crippen LogP contribution in [-0.4, -0.2) is 49.5 Å². The molecule has 7 heteroatoms. The minimum absolute atomic E-state index is 0.0159. The van der Waals surface area contributed by atoms with Crippen LogP contribution in [0.3, 0.4) is 0 Å². The topological polar surface area (TPSA) is 88.3 Å². The number of nitrogens with zero attached hydrogens (tertiary/aromatic N) is 4. The maximum Gasteiger partial charge on any atom is 0.358 e. The highest BCUT2D eigenvalue weighted by molar-refractivity contribution is 5.84. The molecule has 0 atom stereocenters. The second-order valence-electron chi connectivity index (χ2n) is 4.78. The van der Waals surface area contributed by atoms with E-state index in [1.807, 2.05) is 4.90 Å². The van der Waals surface area contributed by atoms with Crippen molar-refractivity contribution in [3.8, 4) is 0 Å². The molecule has 1 amide bonds. The molecule has 0 radical (unpaired) electrons. The third-order valence-corrected chi connectivity index (χ3v) is 3.12. The maximum absolute atomic E-state index is 12.2. The van der Waals surface area contributed by atoms with E-state index in [4.69, 9.17) is 5.11 Å². The third kappa shape index (κ3) is 3.52. The molecule has 1 aromatic heterocycles. The van der Waals surface area contributed by atoms with Crippen LogP contribution in [-0.2, 0) is 11.3 Å². The second kappa shape index (κ2) is 5.81. The fraction of sp³-hybridized carbons (Fsp3) is 0.667. The molecule has 0 aromatic carbocycles. The minimum Gasteiger partial charge on any atom is -0.476 e. The fourth-order valence-electron chi connectivity index (χ4n) is 1.93. The Hall–Kier alpha value is -1.92. The normalized spacial score (nSPS) is 14.4. The molecule has 19 heavy (non-hydrogen) atoms. The number of unbranched alkanes of at least 4 members (excludes halogenated alkanes) is 1. The zero-order chi connectivity index (χ0) is 13.8. The van der Waals surface area contributed by atoms with Gasteiger partial charge in [-0.05, 0) is 19.3 Å². The SMILES string of the molecule is CCCCN(C(=O)Cn1cc(C(=O)O)nn1)C1CC1. The second-order valence-corrected chi connectivity index (χ2v) is 4.78. The molecule has 0 aliphatic heterocycles. The monoisotopic (exact) mass is 266 g/mol. The van der Waals surface area contributed by atoms with Gasteiger partial charge in [0.25, 0.3) is 0 Å². The standard InChI is InChI=1S/C12H18N4O3/c1-2-3-6-16(9-4-5-9)11(17)8-15-7-10(12(18)19)13-14-15/h7,9H,2-6,8H2,1H3,(H,18,19). The van der Waals surface area contributed by atoms with Crippen molar-refractivity contribution in [2.75, 3.05) is 6.54 Å². The molecule has 104 valence electrons. The van der Waals surface area contributed by atoms with Gasteiger partial charge >= 0.3 is 5.97 Å². The lowest BCUT2D eigenvalue weighted by atomic mass is 10.3. The molecular weight excluding hydrogens is 248 g/mol. The van der Waals surface area contributed by atoms with Crippen LogP contribution in [0.15, 0.2) is 6.20 Å². The van der Waals surface area contributed by atoms with Crippen molar-refractivity contribution in [1.29, 1.82) is 0 Å². The number of rotatable bonds is 7. The number of hydrogen-bond donors (Lipinski definition) is 1. The molecule has 1 heterocycles. The number of aromatic nitrogens is 3. The molecule has 0 spiro atoms. The quantitative estimate of drug-likeness (QED) is 0.787. The summed E-state index contributed by atoms with van der Waals surface area (Å²) in [6.07, 6.45) is 5.44. The molecule has 1 saturated carbocycles. The number of hydrogen-bond acceptors (Lipinski definition) is 4. The summed E-state index contributed by atoms with van der Waals surface area (Å²) in [7, 11) is 0. The third-order valence-electron chi connectivity index (χ3n) is 3.12. The van der Waals surface area contributed by atoms with Crippen LogP contribution < -0.4 is 0 Å². The Balaban J connectivity index is 1.95. The first kappa shape index (κ1) is 13.5. The highest BCUT2D eigenvalue weighted by Crippen LogP contribution is 2.27. The van der Waals surface area contributed by atoms with E-state index in [0.717, 1.165) is 32.2 Å². The molecular formula is C12H18N4O3. The summed E-state index contributed by atoms with van der Waals surface area (Å²) in [6, 6.07) is 0.363. The van der Waals surface area contributed by atoms with Crippen LogP contribution in [0.2, 0.25) is 0 Å². The average Bonchev–Trinajstić information content (AvgIpc) is 3.09. The summed E-state index contributed by atoms with van der Waals surface area (Å²) in [5.74, 6) is -1.15. The van der Waals surface area contributed by atoms with Gasteiger partial charge in [0.05, 0.1) is 6.20 Å². The first-order valence-electron chi connectivity index (χ1n) is 6.54. The Bertz CT molecular complexity index is 467. The first-order chi connectivity index (χ1) is 9.11. The summed E-state index contributed by atoms with van der Waals surface area (Å²) in [5, 5.41) is 15.9. The van der Waals surface area contributed by atoms with E-state index in [1.54, 1.807) is 0 Å². The first-order valence-corrected chi connectivity index (χ1v) is 6.54. The maximum atomic E-state index is 12.2. The van der Waals surface area contributed by atoms with E-state index in [2.05, 4.69) is 17.2 Å². The smallest absolute Gasteiger partial charge is 0.358 e. The van der Waals surface area contributed by atoms with Crippen LogP contribution in [0.4, 0.5) is 0 Å². The molecule has 1 N–H and O–H groups in total. The molecule has 0 unspecified atom stereocenters. The van der Waals surface area contributed by atoms with Gasteiger partial charge in [0, 0.05) is 12.6 Å². The van der Waals surface area contributed by atoms with Crippen molar-refractivity contribution in [1.82, 2.24) is 19.9 Å². The minimum atomic E-state index is -1.14. The summed E-state index contributed by atoms with van der Waals surface area (Å²) in [5.41, 5.74) is -0.140. The number of carboxylic acids is 1. The summed E-state index contributed by atoms with van der Waals surface area (Å²) < 4.78 is 1.28. The lowest BCUT2D eigenvalue weighted by Gasteiger charge is -2.21. The Kier molecular flexibility index (Phi) is 4.13. The zero-order valence-electron chi connectivity index (χ0n) is 10.9. The lowest BCUT2D eigenvalue weighted by Crippen LogP contribution is -2.36. The summed E-state index contributed by atoms with van der Waals surface area (Å²) >= 11 is 0. The molecule has 1 aliphatic carbocycles. The van der Waals surface area contributed by atoms with Gasteiger partial charge in [-0.3, -0.25) is 4.79 Å². The predicted molar refractivity (Wildman–Crippen MR) is 66.6 cm³/mol. The van der Waals surface area contributed by atoms with Gasteiger partial charge in [-0.25, -0.2) is 9.48 Å². The Morgan fingerprint density at radius 1 is 1.53 bits per heavy atom. The van der Waals surface area contributed by atoms with Gasteiger partial charge in [0.1, 0.15) is 6.54 Å². The Morgan fingerprint density at radius 3 is 2.79 bits per heavy atom. The molecule has 1 aliphatic rings. The van der Waals surface area contributed by atoms with Crippen molar-refractivity contribution in [2.24, 2.45) is 0 Å². The lowest BCUT2D eigenvalue weighted by molar-refractivity contribution is -0.132. The van der Waals surface area contributed by atoms with Crippen LogP contribution in [0.1, 0.15) is 43.1 Å². The van der Waals surface area contributed by atoms with E-state index in [9.17, 15) is 9.59 Å². The van der Waals surface area contributed by atoms with Crippen molar-refractivity contribution in [2.45, 2.75) is 45.2 Å². The number of carboxylic acid groups (broad SMARTS) is 1. The van der Waals surface area contributed by atoms with Crippen LogP contribution in [0, 0.1) is 0 Å². The highest BCUT2D eigenvalue weighted by atomic mass is 16.4. The Morgan fingerprint density at radius 2 is 2.26 bits per heavy atom. The molecule has 7 nitrogen and oxygen atoms in total. The molecule has 0 saturated heterocycles. The number of amides is 1. The van der Waals surface area contributed by atoms with E-state index < -0.39 is 5.97 Å². The van der Waals surface area contributed by atoms with Crippen molar-refractivity contribution in [3.63, 3.8) is 0 Å². The summed E-state index contributed by atoms with van der Waals surface area (Å²) in [6.45, 7) is 2.91. The van der Waals surface area contributed by atoms with Crippen LogP contribution in [0.5, 0.6) is 0 Å². The average molecular weight is 266 g/mol. The molecule has 2 rings (SSSR count). The number of carbonyl (C=O) groups excluding carboxylic acids is 1. The highest BCUT2D eigenvalue weighted by Gasteiger charge is 2.32. The van der Waals surface area contributed by atoms with Crippen molar-refractivity contribution >= 4 is 11.9 Å². The zero-order valence-corrected chi connectivity index (χ0v) is 10.9. The van der Waals surface area contributed by atoms with Gasteiger partial charge < -0.3 is 10.0 Å². The van der Waals surface area contributed by atoms with E-state index >= 15 is 0 Å². The number of aromatic carboxylic acids is 1. The van der Waals surface area contributed by atoms with Crippen molar-refractivity contribution in [3.05, 3.63) is 11.9 Å². The summed E-state index contributed by atoms with van der Waals surface area (Å²) in [4.78, 5) is 24.7. The fourth-order valence-corrected chi connectivity index (χ4v) is 1.93. The van der Waals surface area contributed by atoms with Crippen LogP contribution >= 0.6 is 0 Å². The van der Waals surface area contributed by atoms with Crippen LogP contribution in [0.25, 0.3) is 0 Å². The number of carbonyl (C=O) groups is 2. The van der Waals surface area contributed by atoms with Gasteiger partial charge in [0.2, 0.25) is 5.91 Å². The van der Waals surface area contributed by atoms with Gasteiger partial charge in [0.15, 0.2) is 5.69 Å². The van der Waals surface area contributed by atoms with E-state index in [-0.39, 0.29) is 18.1 Å². The largest absolute Gasteiger partial charge is 0.476 e. The van der Waals surface area contributed by atoms with Crippen molar-refractivity contribution < 1.29 is 14.7 Å². The van der Waals surface area contributed by atoms with E-state index in [1.165, 1.54) is 10.9 Å². The van der Waals surface area contributed by atoms with Gasteiger partial charge in [-0.15, -0.1) is 5.10 Å². The van der Waals surface area contributed by atoms with Gasteiger partial charge in [-0.2, -0.15) is 0 Å². The van der Waals surface area contributed by atoms with E-state index in [0.29, 0.717) is 6.04 Å². The molecule has 1 fully saturated rings. The molecule has 0 bridgehead atoms. The Labute approximate surface area is 111 Å². The molecule has 1 aromatic rings.